The Bertz CT molecular complexity index is 431. The Morgan fingerprint density at radius 3 is 2.45 bits per heavy atom. The number of nitrogens with one attached hydrogen (secondary N) is 1. The van der Waals surface area contributed by atoms with Crippen molar-refractivity contribution >= 4 is 18.4 Å². The van der Waals surface area contributed by atoms with Crippen molar-refractivity contribution in [3.8, 4) is 0 Å². The summed E-state index contributed by atoms with van der Waals surface area (Å²) in [6.45, 7) is 0. The summed E-state index contributed by atoms with van der Waals surface area (Å²) >= 11 is 0. The third-order valence-electron chi connectivity index (χ3n) is 4.21. The van der Waals surface area contributed by atoms with Gasteiger partial charge in [0.25, 0.3) is 0 Å². The molecule has 0 aromatic heterocycles. The molecule has 4 heteroatoms. The Balaban J connectivity index is 0.00000147. The predicted octanol–water partition coefficient (Wildman–Crippen LogP) is 3.39. The molecule has 3 rings (SSSR count). The fourth-order valence-electron chi connectivity index (χ4n) is 3.14. The molecule has 1 aromatic rings. The number of hydrogen-bond donors (Lipinski definition) is 1. The first-order valence-electron chi connectivity index (χ1n) is 7.34. The minimum absolute atomic E-state index is 0. The molecule has 1 aliphatic carbocycles. The number of ether oxygens (including phenoxy) is 1. The third kappa shape index (κ3) is 3.53. The second-order valence-electron chi connectivity index (χ2n) is 5.63. The molecule has 1 aromatic carbocycles. The maximum atomic E-state index is 11.9. The second-order valence-corrected chi connectivity index (χ2v) is 5.63. The maximum Gasteiger partial charge on any atom is 0.323 e. The molecule has 3 nitrogen and oxygen atoms in total. The van der Waals surface area contributed by atoms with E-state index in [1.165, 1.54) is 32.1 Å². The van der Waals surface area contributed by atoms with Crippen LogP contribution < -0.4 is 5.32 Å². The van der Waals surface area contributed by atoms with Crippen LogP contribution in [0.15, 0.2) is 30.3 Å². The summed E-state index contributed by atoms with van der Waals surface area (Å²) in [5.74, 6) is -0.0839. The van der Waals surface area contributed by atoms with E-state index in [1.54, 1.807) is 0 Å². The SMILES string of the molecule is Cl.O=C1OC(c2ccccc2)CC1NC1CCCCC1. The molecule has 0 amide bonds. The molecule has 0 radical (unpaired) electrons. The summed E-state index contributed by atoms with van der Waals surface area (Å²) in [6.07, 6.45) is 6.97. The number of benzene rings is 1. The largest absolute Gasteiger partial charge is 0.456 e. The van der Waals surface area contributed by atoms with Crippen LogP contribution in [0.2, 0.25) is 0 Å². The van der Waals surface area contributed by atoms with Gasteiger partial charge in [-0.15, -0.1) is 12.4 Å². The van der Waals surface area contributed by atoms with E-state index in [9.17, 15) is 4.79 Å². The molecule has 0 bridgehead atoms. The first-order valence-corrected chi connectivity index (χ1v) is 7.34. The van der Waals surface area contributed by atoms with E-state index in [0.717, 1.165) is 12.0 Å². The Morgan fingerprint density at radius 2 is 1.75 bits per heavy atom. The minimum Gasteiger partial charge on any atom is -0.456 e. The normalized spacial score (nSPS) is 26.9. The number of rotatable bonds is 3. The summed E-state index contributed by atoms with van der Waals surface area (Å²) in [5.41, 5.74) is 1.10. The average molecular weight is 296 g/mol. The van der Waals surface area contributed by atoms with E-state index in [4.69, 9.17) is 4.74 Å². The number of carbonyl (C=O) groups excluding carboxylic acids is 1. The summed E-state index contributed by atoms with van der Waals surface area (Å²) < 4.78 is 5.50. The highest BCUT2D eigenvalue weighted by atomic mass is 35.5. The molecule has 2 unspecified atom stereocenters. The Morgan fingerprint density at radius 1 is 1.05 bits per heavy atom. The van der Waals surface area contributed by atoms with Gasteiger partial charge in [0.05, 0.1) is 0 Å². The summed E-state index contributed by atoms with van der Waals surface area (Å²) in [5, 5.41) is 3.49. The lowest BCUT2D eigenvalue weighted by atomic mass is 9.94. The van der Waals surface area contributed by atoms with Crippen molar-refractivity contribution in [1.29, 1.82) is 0 Å². The standard InChI is InChI=1S/C16H21NO2.ClH/c18-16-14(17-13-9-5-2-6-10-13)11-15(19-16)12-7-3-1-4-8-12;/h1,3-4,7-8,13-15,17H,2,5-6,9-11H2;1H. The molecule has 1 aliphatic heterocycles. The van der Waals surface area contributed by atoms with Crippen LogP contribution in [0.25, 0.3) is 0 Å². The van der Waals surface area contributed by atoms with Crippen molar-refractivity contribution in [1.82, 2.24) is 5.32 Å². The van der Waals surface area contributed by atoms with Crippen LogP contribution in [-0.4, -0.2) is 18.1 Å². The van der Waals surface area contributed by atoms with Crippen LogP contribution >= 0.6 is 12.4 Å². The molecule has 0 spiro atoms. The van der Waals surface area contributed by atoms with E-state index < -0.39 is 0 Å². The van der Waals surface area contributed by atoms with Crippen molar-refractivity contribution in [3.63, 3.8) is 0 Å². The smallest absolute Gasteiger partial charge is 0.323 e. The third-order valence-corrected chi connectivity index (χ3v) is 4.21. The zero-order valence-electron chi connectivity index (χ0n) is 11.6. The minimum atomic E-state index is -0.117. The van der Waals surface area contributed by atoms with Crippen LogP contribution in [0.5, 0.6) is 0 Å². The predicted molar refractivity (Wildman–Crippen MR) is 80.9 cm³/mol. The molecular weight excluding hydrogens is 274 g/mol. The summed E-state index contributed by atoms with van der Waals surface area (Å²) in [6, 6.07) is 10.4. The first-order chi connectivity index (χ1) is 9.33. The molecule has 2 fully saturated rings. The highest BCUT2D eigenvalue weighted by Gasteiger charge is 2.36. The van der Waals surface area contributed by atoms with E-state index in [0.29, 0.717) is 6.04 Å². The fourth-order valence-corrected chi connectivity index (χ4v) is 3.14. The van der Waals surface area contributed by atoms with Crippen molar-refractivity contribution < 1.29 is 9.53 Å². The molecular formula is C16H22ClNO2. The molecule has 1 N–H and O–H groups in total. The van der Waals surface area contributed by atoms with Gasteiger partial charge in [-0.05, 0) is 18.4 Å². The van der Waals surface area contributed by atoms with Gasteiger partial charge in [-0.1, -0.05) is 49.6 Å². The molecule has 20 heavy (non-hydrogen) atoms. The van der Waals surface area contributed by atoms with Gasteiger partial charge in [0.1, 0.15) is 12.1 Å². The van der Waals surface area contributed by atoms with Crippen molar-refractivity contribution in [2.24, 2.45) is 0 Å². The van der Waals surface area contributed by atoms with Gasteiger partial charge in [0.2, 0.25) is 0 Å². The second kappa shape index (κ2) is 7.09. The van der Waals surface area contributed by atoms with E-state index in [2.05, 4.69) is 5.32 Å². The quantitative estimate of drug-likeness (QED) is 0.869. The average Bonchev–Trinajstić information content (AvgIpc) is 2.82. The van der Waals surface area contributed by atoms with Crippen molar-refractivity contribution in [2.75, 3.05) is 0 Å². The Kier molecular flexibility index (Phi) is 5.44. The van der Waals surface area contributed by atoms with E-state index in [1.807, 2.05) is 30.3 Å². The highest BCUT2D eigenvalue weighted by molar-refractivity contribution is 5.85. The number of hydrogen-bond acceptors (Lipinski definition) is 3. The van der Waals surface area contributed by atoms with Crippen molar-refractivity contribution in [2.45, 2.75) is 56.7 Å². The summed E-state index contributed by atoms with van der Waals surface area (Å²) in [4.78, 5) is 11.9. The number of carbonyl (C=O) groups is 1. The van der Waals surface area contributed by atoms with E-state index in [-0.39, 0.29) is 30.5 Å². The zero-order valence-corrected chi connectivity index (χ0v) is 12.4. The van der Waals surface area contributed by atoms with Gasteiger partial charge in [-0.25, -0.2) is 0 Å². The lowest BCUT2D eigenvalue weighted by Crippen LogP contribution is -2.41. The monoisotopic (exact) mass is 295 g/mol. The molecule has 110 valence electrons. The zero-order chi connectivity index (χ0) is 13.1. The van der Waals surface area contributed by atoms with Crippen molar-refractivity contribution in [3.05, 3.63) is 35.9 Å². The Labute approximate surface area is 126 Å². The van der Waals surface area contributed by atoms with Gasteiger partial charge < -0.3 is 10.1 Å². The molecule has 1 heterocycles. The van der Waals surface area contributed by atoms with E-state index >= 15 is 0 Å². The number of esters is 1. The molecule has 2 aliphatic rings. The maximum absolute atomic E-state index is 11.9. The van der Waals surface area contributed by atoms with Crippen LogP contribution in [0.4, 0.5) is 0 Å². The van der Waals surface area contributed by atoms with Crippen LogP contribution in [0.1, 0.15) is 50.2 Å². The number of cyclic esters (lactones) is 1. The van der Waals surface area contributed by atoms with Gasteiger partial charge in [0, 0.05) is 12.5 Å². The van der Waals surface area contributed by atoms with Crippen LogP contribution in [0.3, 0.4) is 0 Å². The van der Waals surface area contributed by atoms with Gasteiger partial charge in [0.15, 0.2) is 0 Å². The topological polar surface area (TPSA) is 38.3 Å². The van der Waals surface area contributed by atoms with Crippen LogP contribution in [-0.2, 0) is 9.53 Å². The van der Waals surface area contributed by atoms with Gasteiger partial charge >= 0.3 is 5.97 Å². The fraction of sp³-hybridized carbons (Fsp3) is 0.562. The first kappa shape index (κ1) is 15.3. The Hall–Kier alpha value is -1.06. The summed E-state index contributed by atoms with van der Waals surface area (Å²) in [7, 11) is 0. The van der Waals surface area contributed by atoms with Crippen LogP contribution in [0, 0.1) is 0 Å². The van der Waals surface area contributed by atoms with Gasteiger partial charge in [-0.3, -0.25) is 4.79 Å². The molecule has 2 atom stereocenters. The highest BCUT2D eigenvalue weighted by Crippen LogP contribution is 2.30. The van der Waals surface area contributed by atoms with Gasteiger partial charge in [-0.2, -0.15) is 0 Å². The number of halogens is 1. The molecule has 1 saturated carbocycles. The lowest BCUT2D eigenvalue weighted by molar-refractivity contribution is -0.143. The lowest BCUT2D eigenvalue weighted by Gasteiger charge is -2.24. The molecule has 1 saturated heterocycles.